The number of unbranched alkanes of at least 4 members (excludes halogenated alkanes) is 1. The molecule has 0 spiro atoms. The molecule has 16 heavy (non-hydrogen) atoms. The Morgan fingerprint density at radius 2 is 1.94 bits per heavy atom. The van der Waals surface area contributed by atoms with Crippen LogP contribution in [0, 0.1) is 0 Å². The van der Waals surface area contributed by atoms with Crippen LogP contribution < -0.4 is 11.1 Å². The zero-order chi connectivity index (χ0) is 12.4. The normalized spacial score (nSPS) is 11.7. The number of nitrogens with one attached hydrogen (secondary N) is 1. The van der Waals surface area contributed by atoms with Gasteiger partial charge in [-0.2, -0.15) is 13.2 Å². The molecule has 0 saturated heterocycles. The molecular weight excluding hydrogens is 225 g/mol. The van der Waals surface area contributed by atoms with Crippen LogP contribution in [-0.2, 0) is 9.53 Å². The Hall–Kier alpha value is -0.820. The van der Waals surface area contributed by atoms with Gasteiger partial charge in [-0.15, -0.1) is 0 Å². The van der Waals surface area contributed by atoms with E-state index in [-0.39, 0.29) is 12.5 Å². The molecule has 0 saturated carbocycles. The van der Waals surface area contributed by atoms with E-state index in [2.05, 4.69) is 10.1 Å². The molecular formula is C9H17F3N2O2. The largest absolute Gasteiger partial charge is 0.411 e. The van der Waals surface area contributed by atoms with E-state index in [9.17, 15) is 18.0 Å². The van der Waals surface area contributed by atoms with Crippen LogP contribution in [0.3, 0.4) is 0 Å². The molecule has 1 amide bonds. The summed E-state index contributed by atoms with van der Waals surface area (Å²) in [4.78, 5) is 10.3. The van der Waals surface area contributed by atoms with Crippen molar-refractivity contribution in [3.8, 4) is 0 Å². The van der Waals surface area contributed by atoms with Crippen LogP contribution in [0.5, 0.6) is 0 Å². The molecule has 0 aromatic carbocycles. The quantitative estimate of drug-likeness (QED) is 0.588. The summed E-state index contributed by atoms with van der Waals surface area (Å²) in [5.41, 5.74) is 4.93. The van der Waals surface area contributed by atoms with Gasteiger partial charge in [0.15, 0.2) is 0 Å². The van der Waals surface area contributed by atoms with Crippen LogP contribution >= 0.6 is 0 Å². The first kappa shape index (κ1) is 15.2. The van der Waals surface area contributed by atoms with Gasteiger partial charge < -0.3 is 15.8 Å². The Labute approximate surface area is 92.3 Å². The summed E-state index contributed by atoms with van der Waals surface area (Å²) >= 11 is 0. The Morgan fingerprint density at radius 3 is 2.50 bits per heavy atom. The number of hydrogen-bond donors (Lipinski definition) is 2. The monoisotopic (exact) mass is 242 g/mol. The fraction of sp³-hybridized carbons (Fsp3) is 0.889. The second kappa shape index (κ2) is 8.35. The third kappa shape index (κ3) is 13.2. The van der Waals surface area contributed by atoms with Crippen molar-refractivity contribution in [3.63, 3.8) is 0 Å². The van der Waals surface area contributed by atoms with Crippen LogP contribution in [0.2, 0.25) is 0 Å². The van der Waals surface area contributed by atoms with Gasteiger partial charge in [0.05, 0.1) is 6.61 Å². The fourth-order valence-corrected chi connectivity index (χ4v) is 1.01. The molecule has 0 bridgehead atoms. The van der Waals surface area contributed by atoms with E-state index in [0.29, 0.717) is 25.9 Å². The zero-order valence-corrected chi connectivity index (χ0v) is 8.98. The van der Waals surface area contributed by atoms with Crippen LogP contribution in [0.25, 0.3) is 0 Å². The van der Waals surface area contributed by atoms with Crippen molar-refractivity contribution in [2.45, 2.75) is 25.4 Å². The molecule has 0 aliphatic rings. The Kier molecular flexibility index (Phi) is 7.92. The van der Waals surface area contributed by atoms with Crippen molar-refractivity contribution in [2.24, 2.45) is 5.73 Å². The minimum Gasteiger partial charge on any atom is -0.371 e. The molecule has 0 atom stereocenters. The van der Waals surface area contributed by atoms with Gasteiger partial charge in [-0.3, -0.25) is 4.79 Å². The summed E-state index contributed by atoms with van der Waals surface area (Å²) in [6.07, 6.45) is -2.47. The Bertz CT molecular complexity index is 198. The Morgan fingerprint density at radius 1 is 1.25 bits per heavy atom. The molecule has 0 aliphatic carbocycles. The summed E-state index contributed by atoms with van der Waals surface area (Å²) in [5.74, 6) is -0.339. The van der Waals surface area contributed by atoms with Crippen LogP contribution in [0.1, 0.15) is 19.3 Å². The lowest BCUT2D eigenvalue weighted by Gasteiger charge is -2.08. The molecule has 0 radical (unpaired) electrons. The number of nitrogens with two attached hydrogens (primary N) is 1. The first-order chi connectivity index (χ1) is 7.42. The number of primary amides is 1. The maximum Gasteiger partial charge on any atom is 0.411 e. The van der Waals surface area contributed by atoms with Gasteiger partial charge >= 0.3 is 6.18 Å². The maximum absolute atomic E-state index is 11.6. The third-order valence-electron chi connectivity index (χ3n) is 1.72. The molecule has 0 rings (SSSR count). The van der Waals surface area contributed by atoms with Gasteiger partial charge in [0.2, 0.25) is 5.91 Å². The van der Waals surface area contributed by atoms with Gasteiger partial charge in [0.1, 0.15) is 6.61 Å². The van der Waals surface area contributed by atoms with Crippen LogP contribution in [0.15, 0.2) is 0 Å². The number of amides is 1. The summed E-state index contributed by atoms with van der Waals surface area (Å²) in [7, 11) is 0. The van der Waals surface area contributed by atoms with Gasteiger partial charge in [-0.1, -0.05) is 0 Å². The van der Waals surface area contributed by atoms with E-state index in [0.717, 1.165) is 6.42 Å². The average Bonchev–Trinajstić information content (AvgIpc) is 2.13. The minimum absolute atomic E-state index is 0.0231. The van der Waals surface area contributed by atoms with E-state index < -0.39 is 12.8 Å². The highest BCUT2D eigenvalue weighted by molar-refractivity contribution is 5.73. The number of ether oxygens (including phenoxy) is 1. The lowest BCUT2D eigenvalue weighted by Crippen LogP contribution is -2.24. The zero-order valence-electron chi connectivity index (χ0n) is 8.98. The molecule has 0 aliphatic heterocycles. The molecule has 7 heteroatoms. The number of alkyl halides is 3. The predicted molar refractivity (Wildman–Crippen MR) is 52.8 cm³/mol. The molecule has 0 heterocycles. The number of halogens is 3. The smallest absolute Gasteiger partial charge is 0.371 e. The highest BCUT2D eigenvalue weighted by Gasteiger charge is 2.27. The molecule has 96 valence electrons. The summed E-state index contributed by atoms with van der Waals surface area (Å²) in [6, 6.07) is 0. The third-order valence-corrected chi connectivity index (χ3v) is 1.72. The van der Waals surface area contributed by atoms with Crippen LogP contribution in [-0.4, -0.2) is 38.4 Å². The average molecular weight is 242 g/mol. The van der Waals surface area contributed by atoms with Gasteiger partial charge in [0.25, 0.3) is 0 Å². The topological polar surface area (TPSA) is 64.4 Å². The summed E-state index contributed by atoms with van der Waals surface area (Å²) < 4.78 is 39.2. The standard InChI is InChI=1S/C9H17F3N2O2/c10-9(11,12)7-16-6-5-14-4-2-1-3-8(13)15/h14H,1-7H2,(H2,13,15). The van der Waals surface area contributed by atoms with Crippen molar-refractivity contribution in [1.29, 1.82) is 0 Å². The summed E-state index contributed by atoms with van der Waals surface area (Å²) in [5, 5.41) is 2.90. The highest BCUT2D eigenvalue weighted by atomic mass is 19.4. The Balaban J connectivity index is 3.07. The van der Waals surface area contributed by atoms with Gasteiger partial charge in [-0.05, 0) is 19.4 Å². The van der Waals surface area contributed by atoms with Crippen LogP contribution in [0.4, 0.5) is 13.2 Å². The minimum atomic E-state index is -4.26. The summed E-state index contributed by atoms with van der Waals surface area (Å²) in [6.45, 7) is -0.180. The molecule has 0 unspecified atom stereocenters. The van der Waals surface area contributed by atoms with Gasteiger partial charge in [-0.25, -0.2) is 0 Å². The number of hydrogen-bond acceptors (Lipinski definition) is 3. The number of carbonyl (C=O) groups excluding carboxylic acids is 1. The van der Waals surface area contributed by atoms with Crippen molar-refractivity contribution in [2.75, 3.05) is 26.3 Å². The second-order valence-corrected chi connectivity index (χ2v) is 3.34. The molecule has 3 N–H and O–H groups in total. The second-order valence-electron chi connectivity index (χ2n) is 3.34. The number of carbonyl (C=O) groups is 1. The lowest BCUT2D eigenvalue weighted by molar-refractivity contribution is -0.173. The molecule has 0 aromatic rings. The van der Waals surface area contributed by atoms with E-state index in [1.165, 1.54) is 0 Å². The fourth-order valence-electron chi connectivity index (χ4n) is 1.01. The van der Waals surface area contributed by atoms with E-state index in [4.69, 9.17) is 5.73 Å². The number of rotatable bonds is 9. The van der Waals surface area contributed by atoms with Crippen molar-refractivity contribution >= 4 is 5.91 Å². The lowest BCUT2D eigenvalue weighted by atomic mass is 10.2. The predicted octanol–water partition coefficient (Wildman–Crippen LogP) is 0.810. The van der Waals surface area contributed by atoms with E-state index in [1.54, 1.807) is 0 Å². The molecule has 0 aromatic heterocycles. The van der Waals surface area contributed by atoms with E-state index >= 15 is 0 Å². The van der Waals surface area contributed by atoms with Gasteiger partial charge in [0, 0.05) is 13.0 Å². The molecule has 0 fully saturated rings. The first-order valence-electron chi connectivity index (χ1n) is 5.05. The first-order valence-corrected chi connectivity index (χ1v) is 5.05. The van der Waals surface area contributed by atoms with Crippen molar-refractivity contribution < 1.29 is 22.7 Å². The highest BCUT2D eigenvalue weighted by Crippen LogP contribution is 2.13. The SMILES string of the molecule is NC(=O)CCCCNCCOCC(F)(F)F. The van der Waals surface area contributed by atoms with Crippen molar-refractivity contribution in [3.05, 3.63) is 0 Å². The van der Waals surface area contributed by atoms with Crippen molar-refractivity contribution in [1.82, 2.24) is 5.32 Å². The molecule has 4 nitrogen and oxygen atoms in total. The maximum atomic E-state index is 11.6. The van der Waals surface area contributed by atoms with E-state index in [1.807, 2.05) is 0 Å².